The molecule has 0 atom stereocenters. The summed E-state index contributed by atoms with van der Waals surface area (Å²) in [6.07, 6.45) is 2.12. The SMILES string of the molecule is CN=C(NCCCSc1ccc(F)cc1)NCCCN(C)C.I. The van der Waals surface area contributed by atoms with Crippen LogP contribution in [0.15, 0.2) is 34.2 Å². The number of hydrogen-bond donors (Lipinski definition) is 2. The molecule has 1 rings (SSSR count). The number of nitrogens with zero attached hydrogens (tertiary/aromatic N) is 2. The molecule has 4 nitrogen and oxygen atoms in total. The van der Waals surface area contributed by atoms with Crippen LogP contribution in [0.25, 0.3) is 0 Å². The predicted octanol–water partition coefficient (Wildman–Crippen LogP) is 3.04. The van der Waals surface area contributed by atoms with Crippen molar-refractivity contribution < 1.29 is 4.39 Å². The van der Waals surface area contributed by atoms with E-state index >= 15 is 0 Å². The number of thioether (sulfide) groups is 1. The van der Waals surface area contributed by atoms with Crippen LogP contribution in [0, 0.1) is 5.82 Å². The summed E-state index contributed by atoms with van der Waals surface area (Å²) in [5, 5.41) is 6.61. The third kappa shape index (κ3) is 11.6. The molecule has 1 aromatic rings. The zero-order valence-corrected chi connectivity index (χ0v) is 17.3. The molecule has 0 bridgehead atoms. The molecule has 0 unspecified atom stereocenters. The van der Waals surface area contributed by atoms with Crippen molar-refractivity contribution in [2.45, 2.75) is 17.7 Å². The number of hydrogen-bond acceptors (Lipinski definition) is 3. The summed E-state index contributed by atoms with van der Waals surface area (Å²) in [4.78, 5) is 7.48. The zero-order valence-electron chi connectivity index (χ0n) is 14.1. The Bertz CT molecular complexity index is 440. The second-order valence-electron chi connectivity index (χ2n) is 5.24. The molecule has 0 spiro atoms. The fourth-order valence-electron chi connectivity index (χ4n) is 1.82. The summed E-state index contributed by atoms with van der Waals surface area (Å²) >= 11 is 1.74. The van der Waals surface area contributed by atoms with Crippen LogP contribution in [0.5, 0.6) is 0 Å². The average Bonchev–Trinajstić information content (AvgIpc) is 2.50. The van der Waals surface area contributed by atoms with Crippen LogP contribution in [0.3, 0.4) is 0 Å². The number of guanidine groups is 1. The minimum atomic E-state index is -0.185. The van der Waals surface area contributed by atoms with E-state index in [0.717, 1.165) is 49.1 Å². The largest absolute Gasteiger partial charge is 0.356 e. The Kier molecular flexibility index (Phi) is 13.5. The Morgan fingerprint density at radius 2 is 1.74 bits per heavy atom. The lowest BCUT2D eigenvalue weighted by molar-refractivity contribution is 0.399. The van der Waals surface area contributed by atoms with Gasteiger partial charge in [-0.3, -0.25) is 4.99 Å². The highest BCUT2D eigenvalue weighted by atomic mass is 127. The monoisotopic (exact) mass is 454 g/mol. The van der Waals surface area contributed by atoms with Gasteiger partial charge in [-0.1, -0.05) is 0 Å². The number of halogens is 2. The third-order valence-electron chi connectivity index (χ3n) is 2.99. The van der Waals surface area contributed by atoms with Gasteiger partial charge in [0, 0.05) is 25.0 Å². The standard InChI is InChI=1S/C16H27FN4S.HI/c1-18-16(19-10-4-12-21(2)3)20-11-5-13-22-15-8-6-14(17)7-9-15;/h6-9H,4-5,10-13H2,1-3H3,(H2,18,19,20);1H. The fourth-order valence-corrected chi connectivity index (χ4v) is 2.68. The molecule has 0 radical (unpaired) electrons. The first-order chi connectivity index (χ1) is 10.6. The molecule has 0 aliphatic rings. The first-order valence-corrected chi connectivity index (χ1v) is 8.58. The lowest BCUT2D eigenvalue weighted by atomic mass is 10.4. The van der Waals surface area contributed by atoms with Gasteiger partial charge in [-0.2, -0.15) is 0 Å². The highest BCUT2D eigenvalue weighted by Crippen LogP contribution is 2.18. The van der Waals surface area contributed by atoms with Crippen LogP contribution >= 0.6 is 35.7 Å². The van der Waals surface area contributed by atoms with Crippen molar-refractivity contribution in [3.63, 3.8) is 0 Å². The number of aliphatic imine (C=N–C) groups is 1. The van der Waals surface area contributed by atoms with E-state index in [1.54, 1.807) is 18.8 Å². The van der Waals surface area contributed by atoms with Gasteiger partial charge in [0.1, 0.15) is 5.82 Å². The van der Waals surface area contributed by atoms with Crippen molar-refractivity contribution in [1.82, 2.24) is 15.5 Å². The van der Waals surface area contributed by atoms with Crippen LogP contribution in [-0.2, 0) is 0 Å². The molecule has 0 aromatic heterocycles. The van der Waals surface area contributed by atoms with E-state index in [-0.39, 0.29) is 29.8 Å². The van der Waals surface area contributed by atoms with E-state index in [0.29, 0.717) is 0 Å². The number of rotatable bonds is 9. The van der Waals surface area contributed by atoms with Gasteiger partial charge in [-0.05, 0) is 63.5 Å². The molecule has 0 aliphatic heterocycles. The molecular formula is C16H28FIN4S. The molecule has 0 heterocycles. The van der Waals surface area contributed by atoms with Crippen LogP contribution in [0.1, 0.15) is 12.8 Å². The van der Waals surface area contributed by atoms with Crippen molar-refractivity contribution >= 4 is 41.7 Å². The predicted molar refractivity (Wildman–Crippen MR) is 110 cm³/mol. The van der Waals surface area contributed by atoms with E-state index in [4.69, 9.17) is 0 Å². The molecule has 7 heteroatoms. The topological polar surface area (TPSA) is 39.7 Å². The molecule has 1 aromatic carbocycles. The summed E-state index contributed by atoms with van der Waals surface area (Å²) in [6.45, 7) is 2.86. The smallest absolute Gasteiger partial charge is 0.190 e. The highest BCUT2D eigenvalue weighted by molar-refractivity contribution is 14.0. The Labute approximate surface area is 160 Å². The molecule has 0 saturated carbocycles. The molecular weight excluding hydrogens is 426 g/mol. The Balaban J connectivity index is 0.00000484. The minimum absolute atomic E-state index is 0. The molecule has 0 fully saturated rings. The second-order valence-corrected chi connectivity index (χ2v) is 6.41. The van der Waals surface area contributed by atoms with Crippen molar-refractivity contribution in [1.29, 1.82) is 0 Å². The van der Waals surface area contributed by atoms with Gasteiger partial charge < -0.3 is 15.5 Å². The van der Waals surface area contributed by atoms with Gasteiger partial charge >= 0.3 is 0 Å². The van der Waals surface area contributed by atoms with Crippen molar-refractivity contribution in [2.24, 2.45) is 4.99 Å². The third-order valence-corrected chi connectivity index (χ3v) is 4.09. The lowest BCUT2D eigenvalue weighted by Gasteiger charge is -2.13. The lowest BCUT2D eigenvalue weighted by Crippen LogP contribution is -2.39. The average molecular weight is 454 g/mol. The quantitative estimate of drug-likeness (QED) is 0.198. The summed E-state index contributed by atoms with van der Waals surface area (Å²) in [7, 11) is 5.94. The second kappa shape index (κ2) is 13.9. The van der Waals surface area contributed by atoms with E-state index in [1.165, 1.54) is 12.1 Å². The first-order valence-electron chi connectivity index (χ1n) is 7.59. The van der Waals surface area contributed by atoms with Crippen molar-refractivity contribution in [2.75, 3.05) is 46.5 Å². The zero-order chi connectivity index (χ0) is 16.2. The van der Waals surface area contributed by atoms with Gasteiger partial charge in [0.25, 0.3) is 0 Å². The van der Waals surface area contributed by atoms with E-state index in [1.807, 2.05) is 12.1 Å². The van der Waals surface area contributed by atoms with Gasteiger partial charge in [-0.25, -0.2) is 4.39 Å². The van der Waals surface area contributed by atoms with Crippen molar-refractivity contribution in [3.8, 4) is 0 Å². The van der Waals surface area contributed by atoms with Gasteiger partial charge in [0.2, 0.25) is 0 Å². The summed E-state index contributed by atoms with van der Waals surface area (Å²) in [5.41, 5.74) is 0. The van der Waals surface area contributed by atoms with Crippen LogP contribution in [-0.4, -0.2) is 57.4 Å². The highest BCUT2D eigenvalue weighted by Gasteiger charge is 1.98. The Morgan fingerprint density at radius 1 is 1.13 bits per heavy atom. The summed E-state index contributed by atoms with van der Waals surface area (Å²) < 4.78 is 12.8. The maximum Gasteiger partial charge on any atom is 0.190 e. The first kappa shape index (κ1) is 22.5. The Morgan fingerprint density at radius 3 is 2.30 bits per heavy atom. The number of benzene rings is 1. The van der Waals surface area contributed by atoms with Crippen LogP contribution in [0.2, 0.25) is 0 Å². The molecule has 132 valence electrons. The maximum atomic E-state index is 12.8. The van der Waals surface area contributed by atoms with Gasteiger partial charge in [0.15, 0.2) is 5.96 Å². The maximum absolute atomic E-state index is 12.8. The molecule has 23 heavy (non-hydrogen) atoms. The van der Waals surface area contributed by atoms with E-state index in [9.17, 15) is 4.39 Å². The van der Waals surface area contributed by atoms with Gasteiger partial charge in [-0.15, -0.1) is 35.7 Å². The van der Waals surface area contributed by atoms with E-state index < -0.39 is 0 Å². The van der Waals surface area contributed by atoms with Crippen LogP contribution < -0.4 is 10.6 Å². The summed E-state index contributed by atoms with van der Waals surface area (Å²) in [5.74, 6) is 1.66. The molecule has 0 amide bonds. The van der Waals surface area contributed by atoms with E-state index in [2.05, 4.69) is 34.6 Å². The normalized spacial score (nSPS) is 11.3. The van der Waals surface area contributed by atoms with Crippen LogP contribution in [0.4, 0.5) is 4.39 Å². The van der Waals surface area contributed by atoms with Crippen molar-refractivity contribution in [3.05, 3.63) is 30.1 Å². The fraction of sp³-hybridized carbons (Fsp3) is 0.562. The number of nitrogens with one attached hydrogen (secondary N) is 2. The van der Waals surface area contributed by atoms with Gasteiger partial charge in [0.05, 0.1) is 0 Å². The molecule has 0 aliphatic carbocycles. The Hall–Kier alpha value is -0.540. The molecule has 0 saturated heterocycles. The molecule has 2 N–H and O–H groups in total. The minimum Gasteiger partial charge on any atom is -0.356 e. The summed E-state index contributed by atoms with van der Waals surface area (Å²) in [6, 6.07) is 6.64.